The van der Waals surface area contributed by atoms with Crippen molar-refractivity contribution in [1.82, 2.24) is 10.2 Å². The first-order valence-corrected chi connectivity index (χ1v) is 7.90. The molecular weight excluding hydrogens is 272 g/mol. The first-order valence-electron chi connectivity index (χ1n) is 7.90. The second-order valence-corrected chi connectivity index (χ2v) is 5.87. The van der Waals surface area contributed by atoms with Crippen molar-refractivity contribution in [2.24, 2.45) is 0 Å². The van der Waals surface area contributed by atoms with Crippen LogP contribution in [-0.2, 0) is 17.9 Å². The zero-order chi connectivity index (χ0) is 15.2. The number of nitrogens with zero attached hydrogens (tertiary/aromatic N) is 1. The molecule has 1 amide bonds. The number of benzene rings is 2. The third-order valence-electron chi connectivity index (χ3n) is 4.19. The number of carbonyl (C=O) groups excluding carboxylic acids is 1. The lowest BCUT2D eigenvalue weighted by molar-refractivity contribution is -0.124. The smallest absolute Gasteiger partial charge is 0.221 e. The molecule has 1 atom stereocenters. The Morgan fingerprint density at radius 2 is 1.45 bits per heavy atom. The number of rotatable bonds is 5. The van der Waals surface area contributed by atoms with Crippen molar-refractivity contribution in [3.05, 3.63) is 71.8 Å². The lowest BCUT2D eigenvalue weighted by Crippen LogP contribution is -2.45. The molecule has 0 aliphatic carbocycles. The third kappa shape index (κ3) is 3.95. The topological polar surface area (TPSA) is 32.3 Å². The largest absolute Gasteiger partial charge is 0.356 e. The maximum atomic E-state index is 11.7. The highest BCUT2D eigenvalue weighted by Crippen LogP contribution is 2.19. The fourth-order valence-corrected chi connectivity index (χ4v) is 3.03. The van der Waals surface area contributed by atoms with Crippen LogP contribution in [0.5, 0.6) is 0 Å². The van der Waals surface area contributed by atoms with Crippen LogP contribution >= 0.6 is 0 Å². The van der Waals surface area contributed by atoms with Crippen molar-refractivity contribution in [2.45, 2.75) is 32.0 Å². The highest BCUT2D eigenvalue weighted by Gasteiger charge is 2.25. The summed E-state index contributed by atoms with van der Waals surface area (Å²) in [5, 5.41) is 2.93. The Bertz CT molecular complexity index is 556. The molecule has 1 aliphatic heterocycles. The lowest BCUT2D eigenvalue weighted by atomic mass is 10.0. The Morgan fingerprint density at radius 3 is 1.95 bits per heavy atom. The van der Waals surface area contributed by atoms with Gasteiger partial charge in [-0.2, -0.15) is 0 Å². The van der Waals surface area contributed by atoms with Crippen LogP contribution < -0.4 is 5.32 Å². The van der Waals surface area contributed by atoms with Crippen LogP contribution in [0.25, 0.3) is 0 Å². The predicted octanol–water partition coefficient (Wildman–Crippen LogP) is 2.97. The second kappa shape index (κ2) is 7.23. The number of nitrogens with one attached hydrogen (secondary N) is 1. The van der Waals surface area contributed by atoms with E-state index in [1.807, 2.05) is 12.1 Å². The molecule has 1 heterocycles. The Kier molecular flexibility index (Phi) is 4.86. The van der Waals surface area contributed by atoms with Crippen molar-refractivity contribution in [3.63, 3.8) is 0 Å². The molecule has 0 unspecified atom stereocenters. The van der Waals surface area contributed by atoms with E-state index in [4.69, 9.17) is 0 Å². The molecule has 22 heavy (non-hydrogen) atoms. The molecule has 3 rings (SSSR count). The van der Waals surface area contributed by atoms with Crippen LogP contribution in [0, 0.1) is 0 Å². The van der Waals surface area contributed by atoms with E-state index >= 15 is 0 Å². The Morgan fingerprint density at radius 1 is 0.909 bits per heavy atom. The summed E-state index contributed by atoms with van der Waals surface area (Å²) in [5.74, 6) is 0.169. The van der Waals surface area contributed by atoms with Crippen molar-refractivity contribution in [1.29, 1.82) is 0 Å². The van der Waals surface area contributed by atoms with Gasteiger partial charge >= 0.3 is 0 Å². The van der Waals surface area contributed by atoms with Crippen LogP contribution in [0.15, 0.2) is 60.7 Å². The van der Waals surface area contributed by atoms with Gasteiger partial charge in [0.2, 0.25) is 5.91 Å². The van der Waals surface area contributed by atoms with Gasteiger partial charge < -0.3 is 5.32 Å². The summed E-state index contributed by atoms with van der Waals surface area (Å²) in [6.45, 7) is 2.55. The molecule has 0 saturated carbocycles. The van der Waals surface area contributed by atoms with Gasteiger partial charge in [0.15, 0.2) is 0 Å². The average Bonchev–Trinajstić information content (AvgIpc) is 2.56. The van der Waals surface area contributed by atoms with Crippen LogP contribution in [0.1, 0.15) is 24.0 Å². The van der Waals surface area contributed by atoms with E-state index in [2.05, 4.69) is 58.7 Å². The zero-order valence-electron chi connectivity index (χ0n) is 12.7. The molecule has 2 aromatic carbocycles. The molecule has 0 bridgehead atoms. The molecule has 0 spiro atoms. The number of carbonyl (C=O) groups is 1. The fourth-order valence-electron chi connectivity index (χ4n) is 3.03. The summed E-state index contributed by atoms with van der Waals surface area (Å²) < 4.78 is 0. The SMILES string of the molecule is O=C1C[C@@H](N(Cc2ccccc2)Cc2ccccc2)CCN1. The fraction of sp³-hybridized carbons (Fsp3) is 0.316. The molecule has 1 saturated heterocycles. The summed E-state index contributed by atoms with van der Waals surface area (Å²) in [6, 6.07) is 21.3. The van der Waals surface area contributed by atoms with Gasteiger partial charge in [0.25, 0.3) is 0 Å². The van der Waals surface area contributed by atoms with Gasteiger partial charge in [-0.05, 0) is 17.5 Å². The van der Waals surface area contributed by atoms with Gasteiger partial charge in [-0.1, -0.05) is 60.7 Å². The number of hydrogen-bond acceptors (Lipinski definition) is 2. The monoisotopic (exact) mass is 294 g/mol. The molecule has 0 aromatic heterocycles. The van der Waals surface area contributed by atoms with Gasteiger partial charge in [0, 0.05) is 32.1 Å². The zero-order valence-corrected chi connectivity index (χ0v) is 12.7. The minimum Gasteiger partial charge on any atom is -0.356 e. The van der Waals surface area contributed by atoms with Gasteiger partial charge in [-0.25, -0.2) is 0 Å². The van der Waals surface area contributed by atoms with E-state index < -0.39 is 0 Å². The first-order chi connectivity index (χ1) is 10.8. The van der Waals surface area contributed by atoms with E-state index in [9.17, 15) is 4.79 Å². The van der Waals surface area contributed by atoms with E-state index in [0.717, 1.165) is 26.1 Å². The van der Waals surface area contributed by atoms with Gasteiger partial charge in [-0.15, -0.1) is 0 Å². The van der Waals surface area contributed by atoms with Crippen LogP contribution in [0.2, 0.25) is 0 Å². The first kappa shape index (κ1) is 14.8. The highest BCUT2D eigenvalue weighted by molar-refractivity contribution is 5.77. The predicted molar refractivity (Wildman–Crippen MR) is 88.2 cm³/mol. The van der Waals surface area contributed by atoms with Crippen molar-refractivity contribution < 1.29 is 4.79 Å². The highest BCUT2D eigenvalue weighted by atomic mass is 16.1. The number of piperidine rings is 1. The minimum absolute atomic E-state index is 0.169. The Hall–Kier alpha value is -2.13. The average molecular weight is 294 g/mol. The lowest BCUT2D eigenvalue weighted by Gasteiger charge is -2.34. The minimum atomic E-state index is 0.169. The molecule has 1 fully saturated rings. The van der Waals surface area contributed by atoms with Crippen LogP contribution in [0.4, 0.5) is 0 Å². The van der Waals surface area contributed by atoms with Gasteiger partial charge in [0.05, 0.1) is 0 Å². The molecule has 1 N–H and O–H groups in total. The third-order valence-corrected chi connectivity index (χ3v) is 4.19. The maximum absolute atomic E-state index is 11.7. The van der Waals surface area contributed by atoms with E-state index in [1.165, 1.54) is 11.1 Å². The second-order valence-electron chi connectivity index (χ2n) is 5.87. The maximum Gasteiger partial charge on any atom is 0.221 e. The van der Waals surface area contributed by atoms with Crippen molar-refractivity contribution in [2.75, 3.05) is 6.54 Å². The van der Waals surface area contributed by atoms with Gasteiger partial charge in [-0.3, -0.25) is 9.69 Å². The summed E-state index contributed by atoms with van der Waals surface area (Å²) in [7, 11) is 0. The molecule has 3 heteroatoms. The van der Waals surface area contributed by atoms with Gasteiger partial charge in [0.1, 0.15) is 0 Å². The number of amides is 1. The van der Waals surface area contributed by atoms with Crippen molar-refractivity contribution >= 4 is 5.91 Å². The molecule has 0 radical (unpaired) electrons. The molecular formula is C19H22N2O. The quantitative estimate of drug-likeness (QED) is 0.919. The molecule has 3 nitrogen and oxygen atoms in total. The van der Waals surface area contributed by atoms with Crippen LogP contribution in [0.3, 0.4) is 0 Å². The summed E-state index contributed by atoms with van der Waals surface area (Å²) in [4.78, 5) is 14.2. The summed E-state index contributed by atoms with van der Waals surface area (Å²) in [5.41, 5.74) is 2.59. The van der Waals surface area contributed by atoms with E-state index in [1.54, 1.807) is 0 Å². The summed E-state index contributed by atoms with van der Waals surface area (Å²) in [6.07, 6.45) is 1.62. The molecule has 2 aromatic rings. The summed E-state index contributed by atoms with van der Waals surface area (Å²) >= 11 is 0. The normalized spacial score (nSPS) is 18.2. The Balaban J connectivity index is 1.76. The standard InChI is InChI=1S/C19H22N2O/c22-19-13-18(11-12-20-19)21(14-16-7-3-1-4-8-16)15-17-9-5-2-6-10-17/h1-10,18H,11-15H2,(H,20,22)/t18-/m0/s1. The molecule has 1 aliphatic rings. The van der Waals surface area contributed by atoms with E-state index in [0.29, 0.717) is 12.5 Å². The van der Waals surface area contributed by atoms with Crippen LogP contribution in [-0.4, -0.2) is 23.4 Å². The molecule has 114 valence electrons. The van der Waals surface area contributed by atoms with Crippen molar-refractivity contribution in [3.8, 4) is 0 Å². The van der Waals surface area contributed by atoms with E-state index in [-0.39, 0.29) is 5.91 Å². The Labute approximate surface area is 132 Å². The number of hydrogen-bond donors (Lipinski definition) is 1.